The van der Waals surface area contributed by atoms with Crippen LogP contribution < -0.4 is 5.32 Å². The predicted octanol–water partition coefficient (Wildman–Crippen LogP) is 2.53. The number of amides is 1. The molecule has 5 rings (SSSR count). The average Bonchev–Trinajstić information content (AvgIpc) is 3.45. The number of carbonyl (C=O) groups excluding carboxylic acids is 1. The monoisotopic (exact) mass is 435 g/mol. The lowest BCUT2D eigenvalue weighted by Gasteiger charge is -2.26. The second kappa shape index (κ2) is 9.62. The molecule has 0 bridgehead atoms. The molecule has 9 nitrogen and oxygen atoms in total. The van der Waals surface area contributed by atoms with E-state index in [0.717, 1.165) is 57.2 Å². The summed E-state index contributed by atoms with van der Waals surface area (Å²) in [6.07, 6.45) is 11.2. The Balaban J connectivity index is 1.19. The van der Waals surface area contributed by atoms with Gasteiger partial charge in [-0.1, -0.05) is 12.5 Å². The molecule has 3 aromatic rings. The number of nitrogens with zero attached hydrogens (tertiary/aromatic N) is 6. The number of pyridine rings is 1. The van der Waals surface area contributed by atoms with Crippen LogP contribution in [0.3, 0.4) is 0 Å². The van der Waals surface area contributed by atoms with Crippen LogP contribution >= 0.6 is 0 Å². The van der Waals surface area contributed by atoms with Gasteiger partial charge in [0.2, 0.25) is 0 Å². The first kappa shape index (κ1) is 20.8. The normalized spacial score (nSPS) is 17.2. The summed E-state index contributed by atoms with van der Waals surface area (Å²) in [5.41, 5.74) is 2.69. The van der Waals surface area contributed by atoms with E-state index >= 15 is 0 Å². The number of hydrogen-bond donors (Lipinski definition) is 1. The molecule has 0 radical (unpaired) electrons. The highest BCUT2D eigenvalue weighted by Gasteiger charge is 2.18. The van der Waals surface area contributed by atoms with Gasteiger partial charge in [-0.2, -0.15) is 10.2 Å². The topological polar surface area (TPSA) is 90.1 Å². The highest BCUT2D eigenvalue weighted by molar-refractivity contribution is 6.03. The van der Waals surface area contributed by atoms with E-state index in [2.05, 4.69) is 25.4 Å². The van der Waals surface area contributed by atoms with Crippen LogP contribution in [0.1, 0.15) is 29.8 Å². The van der Waals surface area contributed by atoms with Crippen LogP contribution in [0.4, 0.5) is 5.69 Å². The fourth-order valence-electron chi connectivity index (χ4n) is 4.07. The summed E-state index contributed by atoms with van der Waals surface area (Å²) in [4.78, 5) is 19.7. The first-order valence-electron chi connectivity index (χ1n) is 11.4. The highest BCUT2D eigenvalue weighted by Crippen LogP contribution is 2.27. The van der Waals surface area contributed by atoms with Crippen LogP contribution in [-0.2, 0) is 17.8 Å². The van der Waals surface area contributed by atoms with Crippen molar-refractivity contribution in [1.82, 2.24) is 29.4 Å². The van der Waals surface area contributed by atoms with Gasteiger partial charge in [-0.05, 0) is 30.9 Å². The molecule has 2 fully saturated rings. The molecule has 1 aliphatic heterocycles. The molecule has 0 unspecified atom stereocenters. The quantitative estimate of drug-likeness (QED) is 0.585. The van der Waals surface area contributed by atoms with Gasteiger partial charge in [-0.25, -0.2) is 4.98 Å². The van der Waals surface area contributed by atoms with Gasteiger partial charge in [0, 0.05) is 44.1 Å². The minimum atomic E-state index is -0.241. The number of aromatic nitrogens is 5. The van der Waals surface area contributed by atoms with Crippen LogP contribution in [-0.4, -0.2) is 68.2 Å². The van der Waals surface area contributed by atoms with E-state index in [1.165, 1.54) is 19.3 Å². The van der Waals surface area contributed by atoms with E-state index in [0.29, 0.717) is 17.3 Å². The Kier molecular flexibility index (Phi) is 6.27. The lowest BCUT2D eigenvalue weighted by atomic mass is 9.85. The highest BCUT2D eigenvalue weighted by atomic mass is 16.5. The van der Waals surface area contributed by atoms with Crippen molar-refractivity contribution in [3.8, 4) is 11.3 Å². The van der Waals surface area contributed by atoms with Crippen LogP contribution in [0.5, 0.6) is 0 Å². The molecular weight excluding hydrogens is 406 g/mol. The number of hydrogen-bond acceptors (Lipinski definition) is 6. The maximum Gasteiger partial charge on any atom is 0.274 e. The van der Waals surface area contributed by atoms with Gasteiger partial charge >= 0.3 is 0 Å². The van der Waals surface area contributed by atoms with Crippen molar-refractivity contribution >= 4 is 11.6 Å². The Morgan fingerprint density at radius 2 is 1.91 bits per heavy atom. The Morgan fingerprint density at radius 1 is 1.06 bits per heavy atom. The smallest absolute Gasteiger partial charge is 0.274 e. The first-order chi connectivity index (χ1) is 15.7. The van der Waals surface area contributed by atoms with Crippen molar-refractivity contribution in [2.45, 2.75) is 32.4 Å². The van der Waals surface area contributed by atoms with E-state index in [9.17, 15) is 4.79 Å². The summed E-state index contributed by atoms with van der Waals surface area (Å²) in [5, 5.41) is 11.7. The molecule has 2 aliphatic rings. The molecule has 9 heteroatoms. The van der Waals surface area contributed by atoms with Crippen LogP contribution in [0.2, 0.25) is 0 Å². The molecule has 1 saturated heterocycles. The molecule has 4 heterocycles. The van der Waals surface area contributed by atoms with Crippen molar-refractivity contribution in [3.63, 3.8) is 0 Å². The third-order valence-electron chi connectivity index (χ3n) is 6.22. The van der Waals surface area contributed by atoms with Crippen LogP contribution in [0.25, 0.3) is 11.3 Å². The van der Waals surface area contributed by atoms with Crippen LogP contribution in [0.15, 0.2) is 43.0 Å². The summed E-state index contributed by atoms with van der Waals surface area (Å²) >= 11 is 0. The zero-order valence-electron chi connectivity index (χ0n) is 18.2. The third kappa shape index (κ3) is 5.05. The molecule has 168 valence electrons. The molecule has 1 N–H and O–H groups in total. The van der Waals surface area contributed by atoms with Crippen molar-refractivity contribution in [2.75, 3.05) is 38.2 Å². The Labute approximate surface area is 187 Å². The molecular formula is C23H29N7O2. The molecule has 3 aromatic heterocycles. The Morgan fingerprint density at radius 3 is 2.72 bits per heavy atom. The van der Waals surface area contributed by atoms with Crippen molar-refractivity contribution in [3.05, 3.63) is 48.7 Å². The van der Waals surface area contributed by atoms with E-state index in [1.807, 2.05) is 33.9 Å². The predicted molar refractivity (Wildman–Crippen MR) is 120 cm³/mol. The summed E-state index contributed by atoms with van der Waals surface area (Å²) in [6.45, 7) is 6.19. The summed E-state index contributed by atoms with van der Waals surface area (Å²) < 4.78 is 9.23. The maximum atomic E-state index is 12.7. The number of rotatable bonds is 8. The van der Waals surface area contributed by atoms with Gasteiger partial charge in [0.25, 0.3) is 5.91 Å². The largest absolute Gasteiger partial charge is 0.379 e. The Hall–Kier alpha value is -3.04. The third-order valence-corrected chi connectivity index (χ3v) is 6.22. The number of nitrogens with one attached hydrogen (secondary N) is 1. The SMILES string of the molecule is O=C(Nc1cnn(CC2CCC2)c1)c1cccc(-c2cnn(CCN3CCOCC3)c2)n1. The van der Waals surface area contributed by atoms with Crippen LogP contribution in [0, 0.1) is 5.92 Å². The number of ether oxygens (including phenoxy) is 1. The minimum absolute atomic E-state index is 0.241. The zero-order valence-corrected chi connectivity index (χ0v) is 18.2. The van der Waals surface area contributed by atoms with Crippen molar-refractivity contribution in [2.24, 2.45) is 5.92 Å². The van der Waals surface area contributed by atoms with Gasteiger partial charge in [0.05, 0.1) is 43.5 Å². The maximum absolute atomic E-state index is 12.7. The standard InChI is InChI=1S/C23H29N7O2/c31-23(26-20-14-25-30(17-20)15-18-3-1-4-18)22-6-2-5-21(27-22)19-13-24-29(16-19)8-7-28-9-11-32-12-10-28/h2,5-6,13-14,16-18H,1,3-4,7-12,15H2,(H,26,31). The second-order valence-electron chi connectivity index (χ2n) is 8.56. The summed E-state index contributed by atoms with van der Waals surface area (Å²) in [6, 6.07) is 5.47. The van der Waals surface area contributed by atoms with E-state index in [-0.39, 0.29) is 5.91 Å². The zero-order chi connectivity index (χ0) is 21.8. The van der Waals surface area contributed by atoms with Crippen molar-refractivity contribution < 1.29 is 9.53 Å². The summed E-state index contributed by atoms with van der Waals surface area (Å²) in [5.74, 6) is 0.473. The van der Waals surface area contributed by atoms with E-state index in [4.69, 9.17) is 4.74 Å². The lowest BCUT2D eigenvalue weighted by molar-refractivity contribution is 0.0360. The fraction of sp³-hybridized carbons (Fsp3) is 0.478. The van der Waals surface area contributed by atoms with Gasteiger partial charge in [0.1, 0.15) is 5.69 Å². The van der Waals surface area contributed by atoms with Crippen molar-refractivity contribution in [1.29, 1.82) is 0 Å². The molecule has 1 saturated carbocycles. The molecule has 1 amide bonds. The number of morpholine rings is 1. The molecule has 0 spiro atoms. The fourth-order valence-corrected chi connectivity index (χ4v) is 4.07. The molecule has 32 heavy (non-hydrogen) atoms. The summed E-state index contributed by atoms with van der Waals surface area (Å²) in [7, 11) is 0. The first-order valence-corrected chi connectivity index (χ1v) is 11.4. The van der Waals surface area contributed by atoms with Gasteiger partial charge < -0.3 is 10.1 Å². The Bertz CT molecular complexity index is 1050. The average molecular weight is 436 g/mol. The second-order valence-corrected chi connectivity index (χ2v) is 8.56. The van der Waals surface area contributed by atoms with Gasteiger partial charge in [-0.15, -0.1) is 0 Å². The number of anilines is 1. The molecule has 1 aliphatic carbocycles. The number of carbonyl (C=O) groups is 1. The van der Waals surface area contributed by atoms with Gasteiger partial charge in [-0.3, -0.25) is 19.1 Å². The minimum Gasteiger partial charge on any atom is -0.379 e. The van der Waals surface area contributed by atoms with Gasteiger partial charge in [0.15, 0.2) is 0 Å². The van der Waals surface area contributed by atoms with E-state index in [1.54, 1.807) is 18.5 Å². The lowest BCUT2D eigenvalue weighted by Crippen LogP contribution is -2.38. The molecule has 0 aromatic carbocycles. The molecule has 0 atom stereocenters. The van der Waals surface area contributed by atoms with E-state index < -0.39 is 0 Å².